The van der Waals surface area contributed by atoms with Crippen LogP contribution in [0, 0.1) is 6.92 Å². The van der Waals surface area contributed by atoms with E-state index < -0.39 is 6.04 Å². The summed E-state index contributed by atoms with van der Waals surface area (Å²) in [6.07, 6.45) is 7.19. The fraction of sp³-hybridized carbons (Fsp3) is 0.360. The van der Waals surface area contributed by atoms with Gasteiger partial charge >= 0.3 is 0 Å². The minimum atomic E-state index is -0.856. The number of para-hydroxylation sites is 1. The normalized spacial score (nSPS) is 15.4. The largest absolute Gasteiger partial charge is 0.467 e. The third-order valence-corrected chi connectivity index (χ3v) is 6.70. The van der Waals surface area contributed by atoms with Crippen LogP contribution in [-0.4, -0.2) is 17.9 Å². The number of furan rings is 1. The van der Waals surface area contributed by atoms with Gasteiger partial charge in [-0.1, -0.05) is 43.5 Å². The Kier molecular flexibility index (Phi) is 6.87. The molecule has 0 saturated heterocycles. The van der Waals surface area contributed by atoms with E-state index in [0.29, 0.717) is 5.76 Å². The number of rotatable bonds is 7. The van der Waals surface area contributed by atoms with Gasteiger partial charge in [0, 0.05) is 16.6 Å². The van der Waals surface area contributed by atoms with Gasteiger partial charge in [-0.25, -0.2) is 0 Å². The molecule has 162 valence electrons. The summed E-state index contributed by atoms with van der Waals surface area (Å²) < 4.78 is 5.68. The van der Waals surface area contributed by atoms with Gasteiger partial charge in [0.1, 0.15) is 5.76 Å². The van der Waals surface area contributed by atoms with Crippen LogP contribution in [-0.2, 0) is 16.0 Å². The van der Waals surface area contributed by atoms with Crippen molar-refractivity contribution in [2.24, 2.45) is 0 Å². The second-order valence-electron chi connectivity index (χ2n) is 8.07. The molecule has 1 aliphatic rings. The van der Waals surface area contributed by atoms with Crippen molar-refractivity contribution >= 4 is 28.8 Å². The molecule has 4 rings (SSSR count). The lowest BCUT2D eigenvalue weighted by Crippen LogP contribution is -2.47. The number of carbonyl (C=O) groups is 2. The van der Waals surface area contributed by atoms with Crippen LogP contribution >= 0.6 is 11.3 Å². The molecular weight excluding hydrogens is 408 g/mol. The molecule has 1 atom stereocenters. The first-order chi connectivity index (χ1) is 15.1. The monoisotopic (exact) mass is 436 g/mol. The molecule has 1 saturated carbocycles. The first-order valence-corrected chi connectivity index (χ1v) is 11.8. The van der Waals surface area contributed by atoms with E-state index in [-0.39, 0.29) is 24.3 Å². The number of aryl methyl sites for hydroxylation is 1. The Labute approximate surface area is 187 Å². The maximum Gasteiger partial charge on any atom is 0.251 e. The second-order valence-corrected chi connectivity index (χ2v) is 9.10. The lowest BCUT2D eigenvalue weighted by molar-refractivity contribution is -0.127. The van der Waals surface area contributed by atoms with E-state index in [4.69, 9.17) is 4.42 Å². The summed E-state index contributed by atoms with van der Waals surface area (Å²) in [7, 11) is 0. The minimum absolute atomic E-state index is 0.128. The molecular formula is C25H28N2O3S. The molecule has 1 aromatic carbocycles. The summed E-state index contributed by atoms with van der Waals surface area (Å²) in [6, 6.07) is 14.4. The molecule has 1 aliphatic carbocycles. The highest BCUT2D eigenvalue weighted by molar-refractivity contribution is 7.10. The molecule has 6 heteroatoms. The van der Waals surface area contributed by atoms with Gasteiger partial charge in [-0.05, 0) is 55.0 Å². The highest BCUT2D eigenvalue weighted by Crippen LogP contribution is 2.32. The number of anilines is 1. The quantitative estimate of drug-likeness (QED) is 0.538. The highest BCUT2D eigenvalue weighted by atomic mass is 32.1. The summed E-state index contributed by atoms with van der Waals surface area (Å²) in [5.41, 5.74) is 1.66. The van der Waals surface area contributed by atoms with Gasteiger partial charge in [-0.3, -0.25) is 14.5 Å². The molecule has 2 aromatic heterocycles. The van der Waals surface area contributed by atoms with Crippen LogP contribution in [0.15, 0.2) is 64.6 Å². The van der Waals surface area contributed by atoms with Gasteiger partial charge < -0.3 is 9.73 Å². The fourth-order valence-corrected chi connectivity index (χ4v) is 4.94. The van der Waals surface area contributed by atoms with Crippen LogP contribution in [0.5, 0.6) is 0 Å². The van der Waals surface area contributed by atoms with Gasteiger partial charge in [-0.2, -0.15) is 0 Å². The molecule has 0 spiro atoms. The second kappa shape index (κ2) is 9.96. The first kappa shape index (κ1) is 21.4. The standard InChI is InChI=1S/C25H28N2O3S/c1-18-9-5-6-13-21(18)27(23(28)17-20-12-8-16-31-20)24(22-14-7-15-30-22)25(29)26-19-10-3-2-4-11-19/h5-9,12-16,19,24H,2-4,10-11,17H2,1H3,(H,26,29). The topological polar surface area (TPSA) is 62.6 Å². The number of hydrogen-bond acceptors (Lipinski definition) is 4. The summed E-state index contributed by atoms with van der Waals surface area (Å²) in [5, 5.41) is 5.16. The number of thiophene rings is 1. The number of nitrogens with one attached hydrogen (secondary N) is 1. The van der Waals surface area contributed by atoms with Crippen molar-refractivity contribution in [2.45, 2.75) is 57.5 Å². The van der Waals surface area contributed by atoms with Crippen molar-refractivity contribution in [3.05, 3.63) is 76.4 Å². The Morgan fingerprint density at radius 1 is 1.10 bits per heavy atom. The summed E-state index contributed by atoms with van der Waals surface area (Å²) in [6.45, 7) is 1.96. The number of benzene rings is 1. The zero-order valence-electron chi connectivity index (χ0n) is 17.8. The lowest BCUT2D eigenvalue weighted by Gasteiger charge is -2.33. The lowest BCUT2D eigenvalue weighted by atomic mass is 9.95. The average Bonchev–Trinajstić information content (AvgIpc) is 3.47. The average molecular weight is 437 g/mol. The number of nitrogens with zero attached hydrogens (tertiary/aromatic N) is 1. The Hall–Kier alpha value is -2.86. The minimum Gasteiger partial charge on any atom is -0.467 e. The van der Waals surface area contributed by atoms with Crippen molar-refractivity contribution in [1.82, 2.24) is 5.32 Å². The van der Waals surface area contributed by atoms with Crippen LogP contribution < -0.4 is 10.2 Å². The summed E-state index contributed by atoms with van der Waals surface area (Å²) in [4.78, 5) is 29.8. The molecule has 0 aliphatic heterocycles. The molecule has 1 N–H and O–H groups in total. The van der Waals surface area contributed by atoms with Gasteiger partial charge in [0.15, 0.2) is 6.04 Å². The van der Waals surface area contributed by atoms with Crippen LogP contribution in [0.3, 0.4) is 0 Å². The van der Waals surface area contributed by atoms with Gasteiger partial charge in [0.05, 0.1) is 12.7 Å². The maximum atomic E-state index is 13.6. The van der Waals surface area contributed by atoms with E-state index in [1.165, 1.54) is 6.42 Å². The molecule has 2 amide bonds. The van der Waals surface area contributed by atoms with Crippen LogP contribution in [0.2, 0.25) is 0 Å². The van der Waals surface area contributed by atoms with Crippen LogP contribution in [0.4, 0.5) is 5.69 Å². The number of hydrogen-bond donors (Lipinski definition) is 1. The van der Waals surface area contributed by atoms with E-state index in [0.717, 1.165) is 41.8 Å². The van der Waals surface area contributed by atoms with Crippen molar-refractivity contribution in [3.8, 4) is 0 Å². The van der Waals surface area contributed by atoms with Gasteiger partial charge in [0.2, 0.25) is 5.91 Å². The smallest absolute Gasteiger partial charge is 0.251 e. The Balaban J connectivity index is 1.71. The zero-order valence-corrected chi connectivity index (χ0v) is 18.6. The zero-order chi connectivity index (χ0) is 21.6. The van der Waals surface area contributed by atoms with Crippen molar-refractivity contribution in [2.75, 3.05) is 4.90 Å². The Morgan fingerprint density at radius 2 is 1.90 bits per heavy atom. The molecule has 3 aromatic rings. The molecule has 31 heavy (non-hydrogen) atoms. The molecule has 0 bridgehead atoms. The first-order valence-electron chi connectivity index (χ1n) is 10.9. The molecule has 1 unspecified atom stereocenters. The predicted molar refractivity (Wildman–Crippen MR) is 123 cm³/mol. The third-order valence-electron chi connectivity index (χ3n) is 5.82. The van der Waals surface area contributed by atoms with E-state index >= 15 is 0 Å². The van der Waals surface area contributed by atoms with Crippen molar-refractivity contribution in [3.63, 3.8) is 0 Å². The van der Waals surface area contributed by atoms with Crippen LogP contribution in [0.1, 0.15) is 54.3 Å². The van der Waals surface area contributed by atoms with E-state index in [1.807, 2.05) is 48.7 Å². The highest BCUT2D eigenvalue weighted by Gasteiger charge is 2.36. The van der Waals surface area contributed by atoms with E-state index in [1.54, 1.807) is 34.6 Å². The molecule has 2 heterocycles. The Morgan fingerprint density at radius 3 is 2.58 bits per heavy atom. The molecule has 1 fully saturated rings. The maximum absolute atomic E-state index is 13.6. The third kappa shape index (κ3) is 5.07. The summed E-state index contributed by atoms with van der Waals surface area (Å²) in [5.74, 6) is 0.151. The van der Waals surface area contributed by atoms with Crippen LogP contribution in [0.25, 0.3) is 0 Å². The summed E-state index contributed by atoms with van der Waals surface area (Å²) >= 11 is 1.54. The van der Waals surface area contributed by atoms with E-state index in [9.17, 15) is 9.59 Å². The predicted octanol–water partition coefficient (Wildman–Crippen LogP) is 5.42. The van der Waals surface area contributed by atoms with Crippen molar-refractivity contribution in [1.29, 1.82) is 0 Å². The Bertz CT molecular complexity index is 992. The molecule has 5 nitrogen and oxygen atoms in total. The van der Waals surface area contributed by atoms with Gasteiger partial charge in [0.25, 0.3) is 5.91 Å². The van der Waals surface area contributed by atoms with Gasteiger partial charge in [-0.15, -0.1) is 11.3 Å². The molecule has 0 radical (unpaired) electrons. The SMILES string of the molecule is Cc1ccccc1N(C(=O)Cc1cccs1)C(C(=O)NC1CCCCC1)c1ccco1. The fourth-order valence-electron chi connectivity index (χ4n) is 4.25. The number of amides is 2. The van der Waals surface area contributed by atoms with E-state index in [2.05, 4.69) is 5.32 Å². The number of carbonyl (C=O) groups excluding carboxylic acids is 2. The van der Waals surface area contributed by atoms with Crippen molar-refractivity contribution < 1.29 is 14.0 Å².